The molecule has 0 fully saturated rings. The van der Waals surface area contributed by atoms with Gasteiger partial charge in [0.25, 0.3) is 0 Å². The van der Waals surface area contributed by atoms with Gasteiger partial charge in [-0.25, -0.2) is 0 Å². The number of alkyl halides is 2. The van der Waals surface area contributed by atoms with Gasteiger partial charge in [-0.3, -0.25) is 0 Å². The predicted octanol–water partition coefficient (Wildman–Crippen LogP) is 3.56. The van der Waals surface area contributed by atoms with Crippen LogP contribution in [-0.4, -0.2) is 20.9 Å². The fourth-order valence-electron chi connectivity index (χ4n) is 2.00. The molecule has 0 heterocycles. The van der Waals surface area contributed by atoms with E-state index in [0.29, 0.717) is 11.1 Å². The van der Waals surface area contributed by atoms with Crippen LogP contribution in [0.5, 0.6) is 0 Å². The summed E-state index contributed by atoms with van der Waals surface area (Å²) >= 11 is 6.62. The molecule has 2 rings (SSSR count). The van der Waals surface area contributed by atoms with Gasteiger partial charge in [-0.15, -0.1) is 0 Å². The van der Waals surface area contributed by atoms with Gasteiger partial charge < -0.3 is 10.2 Å². The minimum atomic E-state index is -1.35. The van der Waals surface area contributed by atoms with Gasteiger partial charge in [0.2, 0.25) is 0 Å². The van der Waals surface area contributed by atoms with E-state index in [9.17, 15) is 10.2 Å². The van der Waals surface area contributed by atoms with Gasteiger partial charge in [-0.2, -0.15) is 0 Å². The molecule has 0 radical (unpaired) electrons. The van der Waals surface area contributed by atoms with Crippen LogP contribution in [0.25, 0.3) is 0 Å². The van der Waals surface area contributed by atoms with Crippen molar-refractivity contribution in [3.8, 4) is 11.8 Å². The molecule has 2 unspecified atom stereocenters. The molecule has 2 aromatic carbocycles. The van der Waals surface area contributed by atoms with Crippen LogP contribution in [0, 0.1) is 11.8 Å². The maximum absolute atomic E-state index is 10.8. The summed E-state index contributed by atoms with van der Waals surface area (Å²) < 4.78 is 0. The van der Waals surface area contributed by atoms with Gasteiger partial charge >= 0.3 is 0 Å². The van der Waals surface area contributed by atoms with E-state index in [1.165, 1.54) is 0 Å². The van der Waals surface area contributed by atoms with Crippen LogP contribution in [0.4, 0.5) is 0 Å². The van der Waals surface area contributed by atoms with E-state index in [2.05, 4.69) is 43.7 Å². The number of aliphatic hydroxyl groups is 2. The summed E-state index contributed by atoms with van der Waals surface area (Å²) in [5.74, 6) is 5.66. The first-order valence-electron chi connectivity index (χ1n) is 6.76. The summed E-state index contributed by atoms with van der Waals surface area (Å²) in [7, 11) is 0. The van der Waals surface area contributed by atoms with E-state index in [0.717, 1.165) is 0 Å². The quantitative estimate of drug-likeness (QED) is 0.583. The van der Waals surface area contributed by atoms with Gasteiger partial charge in [-0.05, 0) is 11.1 Å². The largest absolute Gasteiger partial charge is 0.372 e. The number of halogens is 2. The van der Waals surface area contributed by atoms with Crippen LogP contribution in [0.2, 0.25) is 0 Å². The summed E-state index contributed by atoms with van der Waals surface area (Å²) in [5, 5.41) is 22.0. The monoisotopic (exact) mass is 422 g/mol. The van der Waals surface area contributed by atoms with E-state index in [1.807, 2.05) is 60.7 Å². The van der Waals surface area contributed by atoms with E-state index in [-0.39, 0.29) is 10.7 Å². The second-order valence-corrected chi connectivity index (χ2v) is 6.09. The topological polar surface area (TPSA) is 40.5 Å². The molecule has 0 saturated heterocycles. The zero-order chi connectivity index (χ0) is 16.1. The number of hydrogen-bond acceptors (Lipinski definition) is 2. The lowest BCUT2D eigenvalue weighted by Crippen LogP contribution is -2.29. The highest BCUT2D eigenvalue weighted by atomic mass is 79.9. The van der Waals surface area contributed by atoms with Crippen molar-refractivity contribution in [2.75, 3.05) is 10.7 Å². The zero-order valence-electron chi connectivity index (χ0n) is 11.8. The molecule has 2 nitrogen and oxygen atoms in total. The summed E-state index contributed by atoms with van der Waals surface area (Å²) in [5.41, 5.74) is -1.34. The Hall–Kier alpha value is -1.12. The lowest BCUT2D eigenvalue weighted by molar-refractivity contribution is 0.116. The highest BCUT2D eigenvalue weighted by Gasteiger charge is 2.29. The third-order valence-corrected chi connectivity index (χ3v) is 4.99. The Morgan fingerprint density at radius 2 is 1.00 bits per heavy atom. The molecule has 0 aromatic heterocycles. The molecule has 0 aliphatic heterocycles. The maximum atomic E-state index is 10.8. The van der Waals surface area contributed by atoms with Gasteiger partial charge in [0, 0.05) is 10.7 Å². The zero-order valence-corrected chi connectivity index (χ0v) is 15.0. The molecule has 2 aromatic rings. The Bertz CT molecular complexity index is 606. The van der Waals surface area contributed by atoms with Gasteiger partial charge in [0.15, 0.2) is 11.2 Å². The van der Waals surface area contributed by atoms with E-state index in [1.54, 1.807) is 0 Å². The average Bonchev–Trinajstić information content (AvgIpc) is 2.61. The molecule has 114 valence electrons. The van der Waals surface area contributed by atoms with Crippen molar-refractivity contribution in [3.63, 3.8) is 0 Å². The minimum Gasteiger partial charge on any atom is -0.372 e. The smallest absolute Gasteiger partial charge is 0.160 e. The van der Waals surface area contributed by atoms with Crippen molar-refractivity contribution in [1.82, 2.24) is 0 Å². The first kappa shape index (κ1) is 17.2. The molecular formula is C18H16Br2O2. The fraction of sp³-hybridized carbons (Fsp3) is 0.222. The average molecular weight is 424 g/mol. The Morgan fingerprint density at radius 1 is 0.682 bits per heavy atom. The van der Waals surface area contributed by atoms with Crippen molar-refractivity contribution < 1.29 is 10.2 Å². The van der Waals surface area contributed by atoms with Crippen molar-refractivity contribution in [1.29, 1.82) is 0 Å². The lowest BCUT2D eigenvalue weighted by atomic mass is 9.92. The lowest BCUT2D eigenvalue weighted by Gasteiger charge is -2.23. The summed E-state index contributed by atoms with van der Waals surface area (Å²) in [6.07, 6.45) is 0. The molecule has 0 spiro atoms. The molecule has 2 N–H and O–H groups in total. The standard InChI is InChI=1S/C18H16Br2O2/c19-13-17(21,15-7-3-1-4-8-15)11-12-18(22,14-20)16-9-5-2-6-10-16/h1-10,21-22H,13-14H2. The van der Waals surface area contributed by atoms with Crippen LogP contribution in [0.15, 0.2) is 60.7 Å². The second-order valence-electron chi connectivity index (χ2n) is 4.97. The summed E-state index contributed by atoms with van der Waals surface area (Å²) in [4.78, 5) is 0. The SMILES string of the molecule is OC(C#CC(O)(CBr)c1ccccc1)(CBr)c1ccccc1. The van der Waals surface area contributed by atoms with Crippen molar-refractivity contribution in [3.05, 3.63) is 71.8 Å². The van der Waals surface area contributed by atoms with Gasteiger partial charge in [0.05, 0.1) is 0 Å². The minimum absolute atomic E-state index is 0.254. The molecule has 0 aliphatic carbocycles. The first-order chi connectivity index (χ1) is 10.5. The maximum Gasteiger partial charge on any atom is 0.160 e. The van der Waals surface area contributed by atoms with Crippen LogP contribution in [-0.2, 0) is 11.2 Å². The van der Waals surface area contributed by atoms with E-state index < -0.39 is 11.2 Å². The van der Waals surface area contributed by atoms with E-state index >= 15 is 0 Å². The fourth-order valence-corrected chi connectivity index (χ4v) is 2.93. The Kier molecular flexibility index (Phi) is 5.82. The summed E-state index contributed by atoms with van der Waals surface area (Å²) in [6, 6.07) is 18.4. The first-order valence-corrected chi connectivity index (χ1v) is 9.00. The van der Waals surface area contributed by atoms with Gasteiger partial charge in [-0.1, -0.05) is 104 Å². The summed E-state index contributed by atoms with van der Waals surface area (Å²) in [6.45, 7) is 0. The van der Waals surface area contributed by atoms with Crippen LogP contribution in [0.1, 0.15) is 11.1 Å². The number of rotatable bonds is 4. The number of benzene rings is 2. The van der Waals surface area contributed by atoms with Gasteiger partial charge in [0.1, 0.15) is 0 Å². The molecule has 22 heavy (non-hydrogen) atoms. The van der Waals surface area contributed by atoms with Crippen molar-refractivity contribution in [2.45, 2.75) is 11.2 Å². The molecule has 0 aliphatic rings. The molecule has 2 atom stereocenters. The third-order valence-electron chi connectivity index (χ3n) is 3.37. The van der Waals surface area contributed by atoms with Crippen molar-refractivity contribution >= 4 is 31.9 Å². The predicted molar refractivity (Wildman–Crippen MR) is 96.0 cm³/mol. The highest BCUT2D eigenvalue weighted by Crippen LogP contribution is 2.26. The third kappa shape index (κ3) is 3.80. The molecular weight excluding hydrogens is 408 g/mol. The molecule has 0 amide bonds. The van der Waals surface area contributed by atoms with Crippen molar-refractivity contribution in [2.24, 2.45) is 0 Å². The highest BCUT2D eigenvalue weighted by molar-refractivity contribution is 9.09. The molecule has 4 heteroatoms. The molecule has 0 bridgehead atoms. The Balaban J connectivity index is 2.41. The van der Waals surface area contributed by atoms with Crippen LogP contribution in [0.3, 0.4) is 0 Å². The Labute approximate surface area is 147 Å². The normalized spacial score (nSPS) is 16.0. The van der Waals surface area contributed by atoms with Crippen LogP contribution < -0.4 is 0 Å². The molecule has 0 saturated carbocycles. The van der Waals surface area contributed by atoms with Crippen LogP contribution >= 0.6 is 31.9 Å². The second kappa shape index (κ2) is 7.43. The number of hydrogen-bond donors (Lipinski definition) is 2. The van der Waals surface area contributed by atoms with E-state index in [4.69, 9.17) is 0 Å². The Morgan fingerprint density at radius 3 is 1.27 bits per heavy atom.